The Morgan fingerprint density at radius 2 is 1.31 bits per heavy atom. The van der Waals surface area contributed by atoms with Crippen molar-refractivity contribution in [3.63, 3.8) is 0 Å². The van der Waals surface area contributed by atoms with Crippen molar-refractivity contribution in [1.29, 1.82) is 0 Å². The van der Waals surface area contributed by atoms with Crippen LogP contribution in [0.4, 0.5) is 0 Å². The van der Waals surface area contributed by atoms with Crippen molar-refractivity contribution in [2.75, 3.05) is 14.2 Å². The van der Waals surface area contributed by atoms with E-state index in [9.17, 15) is 10.2 Å². The van der Waals surface area contributed by atoms with Crippen molar-refractivity contribution in [3.05, 3.63) is 47.0 Å². The summed E-state index contributed by atoms with van der Waals surface area (Å²) in [6.45, 7) is 11.4. The van der Waals surface area contributed by atoms with Crippen LogP contribution in [0.3, 0.4) is 0 Å². The molecule has 0 saturated heterocycles. The van der Waals surface area contributed by atoms with E-state index in [0.717, 1.165) is 43.3 Å². The van der Waals surface area contributed by atoms with Crippen LogP contribution in [0.2, 0.25) is 38.3 Å². The fourth-order valence-corrected chi connectivity index (χ4v) is 13.2. The zero-order valence-corrected chi connectivity index (χ0v) is 22.7. The lowest BCUT2D eigenvalue weighted by Gasteiger charge is -2.34. The lowest BCUT2D eigenvalue weighted by molar-refractivity contribution is 0.372. The average Bonchev–Trinajstić information content (AvgIpc) is 2.69. The number of benzene rings is 2. The van der Waals surface area contributed by atoms with Crippen molar-refractivity contribution < 1.29 is 23.8 Å². The largest absolute Gasteiger partial charge is 0.504 e. The molecule has 0 heterocycles. The molecule has 0 aromatic heterocycles. The van der Waals surface area contributed by atoms with Gasteiger partial charge in [0.05, 0.1) is 14.2 Å². The van der Waals surface area contributed by atoms with Crippen LogP contribution in [-0.2, 0) is 17.0 Å². The van der Waals surface area contributed by atoms with E-state index < -0.39 is 16.6 Å². The van der Waals surface area contributed by atoms with Crippen molar-refractivity contribution in [1.82, 2.24) is 0 Å². The summed E-state index contributed by atoms with van der Waals surface area (Å²) >= 11 is 0. The molecule has 0 aliphatic carbocycles. The molecular formula is C25H40O5Si2. The van der Waals surface area contributed by atoms with Crippen LogP contribution in [0.5, 0.6) is 23.0 Å². The molecule has 0 saturated carbocycles. The number of ether oxygens (including phenoxy) is 2. The number of phenolic OH excluding ortho intramolecular Hbond substituents is 2. The summed E-state index contributed by atoms with van der Waals surface area (Å²) in [6.07, 6.45) is 4.07. The average molecular weight is 477 g/mol. The van der Waals surface area contributed by atoms with Crippen molar-refractivity contribution in [3.8, 4) is 23.0 Å². The monoisotopic (exact) mass is 476 g/mol. The van der Waals surface area contributed by atoms with E-state index in [1.807, 2.05) is 25.1 Å². The molecule has 0 bridgehead atoms. The molecule has 2 aromatic carbocycles. The zero-order chi connectivity index (χ0) is 23.9. The number of aryl methyl sites for hydroxylation is 3. The summed E-state index contributed by atoms with van der Waals surface area (Å²) < 4.78 is 17.3. The highest BCUT2D eigenvalue weighted by Gasteiger charge is 2.32. The van der Waals surface area contributed by atoms with Crippen LogP contribution in [-0.4, -0.2) is 41.1 Å². The molecule has 2 rings (SSSR count). The highest BCUT2D eigenvalue weighted by molar-refractivity contribution is 6.84. The summed E-state index contributed by atoms with van der Waals surface area (Å²) in [5.74, 6) is 1.46. The Morgan fingerprint density at radius 1 is 0.750 bits per heavy atom. The molecule has 32 heavy (non-hydrogen) atoms. The minimum Gasteiger partial charge on any atom is -0.504 e. The van der Waals surface area contributed by atoms with Gasteiger partial charge in [0.15, 0.2) is 39.6 Å². The predicted molar refractivity (Wildman–Crippen MR) is 136 cm³/mol. The minimum atomic E-state index is -1.77. The van der Waals surface area contributed by atoms with Gasteiger partial charge in [-0.2, -0.15) is 0 Å². The number of aromatic hydroxyl groups is 2. The number of hydrogen-bond donors (Lipinski definition) is 2. The second-order valence-corrected chi connectivity index (χ2v) is 18.6. The molecule has 0 spiro atoms. The second kappa shape index (κ2) is 11.3. The van der Waals surface area contributed by atoms with Crippen LogP contribution in [0.15, 0.2) is 30.3 Å². The molecule has 2 N–H and O–H groups in total. The third kappa shape index (κ3) is 7.87. The Kier molecular flexibility index (Phi) is 9.24. The van der Waals surface area contributed by atoms with Crippen LogP contribution in [0.25, 0.3) is 0 Å². The summed E-state index contributed by atoms with van der Waals surface area (Å²) in [6, 6.07) is 11.6. The molecule has 7 heteroatoms. The van der Waals surface area contributed by atoms with E-state index in [1.54, 1.807) is 26.4 Å². The van der Waals surface area contributed by atoms with E-state index in [4.69, 9.17) is 13.6 Å². The molecule has 0 amide bonds. The summed E-state index contributed by atoms with van der Waals surface area (Å²) in [5, 5.41) is 19.7. The van der Waals surface area contributed by atoms with Crippen LogP contribution < -0.4 is 9.47 Å². The third-order valence-corrected chi connectivity index (χ3v) is 13.4. The van der Waals surface area contributed by atoms with Gasteiger partial charge in [0.25, 0.3) is 0 Å². The lowest BCUT2D eigenvalue weighted by atomic mass is 10.0. The molecular weight excluding hydrogens is 436 g/mol. The number of hydrogen-bond acceptors (Lipinski definition) is 5. The quantitative estimate of drug-likeness (QED) is 0.346. The van der Waals surface area contributed by atoms with Gasteiger partial charge in [-0.15, -0.1) is 0 Å². The van der Waals surface area contributed by atoms with E-state index in [1.165, 1.54) is 11.1 Å². The normalized spacial score (nSPS) is 12.1. The fraction of sp³-hybridized carbons (Fsp3) is 0.520. The Bertz CT molecular complexity index is 896. The van der Waals surface area contributed by atoms with Gasteiger partial charge in [0, 0.05) is 0 Å². The number of rotatable bonds is 12. The van der Waals surface area contributed by atoms with Crippen molar-refractivity contribution in [2.24, 2.45) is 0 Å². The van der Waals surface area contributed by atoms with Gasteiger partial charge in [-0.3, -0.25) is 0 Å². The molecule has 0 unspecified atom stereocenters. The van der Waals surface area contributed by atoms with E-state index in [0.29, 0.717) is 11.5 Å². The molecule has 2 aromatic rings. The molecule has 0 aliphatic heterocycles. The van der Waals surface area contributed by atoms with Gasteiger partial charge in [-0.05, 0) is 112 Å². The third-order valence-electron chi connectivity index (χ3n) is 5.90. The van der Waals surface area contributed by atoms with E-state index in [2.05, 4.69) is 26.2 Å². The van der Waals surface area contributed by atoms with Gasteiger partial charge in [0.1, 0.15) is 0 Å². The first-order chi connectivity index (χ1) is 15.0. The molecule has 0 radical (unpaired) electrons. The van der Waals surface area contributed by atoms with Crippen molar-refractivity contribution >= 4 is 16.6 Å². The van der Waals surface area contributed by atoms with Gasteiger partial charge >= 0.3 is 0 Å². The van der Waals surface area contributed by atoms with Crippen molar-refractivity contribution in [2.45, 2.75) is 70.9 Å². The molecule has 178 valence electrons. The maximum Gasteiger partial charge on any atom is 0.173 e. The van der Waals surface area contributed by atoms with Crippen LogP contribution in [0.1, 0.15) is 29.5 Å². The van der Waals surface area contributed by atoms with Gasteiger partial charge in [-0.1, -0.05) is 6.07 Å². The fourth-order valence-electron chi connectivity index (χ4n) is 4.30. The smallest absolute Gasteiger partial charge is 0.173 e. The zero-order valence-electron chi connectivity index (χ0n) is 20.7. The first-order valence-electron chi connectivity index (χ1n) is 11.4. The number of methoxy groups -OCH3 is 2. The lowest BCUT2D eigenvalue weighted by Crippen LogP contribution is -2.44. The SMILES string of the molecule is COc1cc(CCC[Si](C)(C)O[Si](C)(C)CCCc2cc(OC)c(O)cc2C)ccc1O. The maximum absolute atomic E-state index is 9.93. The minimum absolute atomic E-state index is 0.183. The molecule has 0 atom stereocenters. The van der Waals surface area contributed by atoms with Gasteiger partial charge in [-0.25, -0.2) is 0 Å². The highest BCUT2D eigenvalue weighted by Crippen LogP contribution is 2.31. The first-order valence-corrected chi connectivity index (χ1v) is 17.6. The van der Waals surface area contributed by atoms with E-state index in [-0.39, 0.29) is 11.5 Å². The Balaban J connectivity index is 1.84. The number of phenols is 2. The Labute approximate surface area is 195 Å². The van der Waals surface area contributed by atoms with Crippen LogP contribution >= 0.6 is 0 Å². The highest BCUT2D eigenvalue weighted by atomic mass is 28.4. The molecule has 5 nitrogen and oxygen atoms in total. The van der Waals surface area contributed by atoms with Gasteiger partial charge < -0.3 is 23.8 Å². The van der Waals surface area contributed by atoms with E-state index >= 15 is 0 Å². The van der Waals surface area contributed by atoms with Gasteiger partial charge in [0.2, 0.25) is 0 Å². The molecule has 0 aliphatic rings. The first kappa shape index (κ1) is 26.3. The Morgan fingerprint density at radius 3 is 1.91 bits per heavy atom. The standard InChI is InChI=1S/C25H40O5Si2/c1-19-16-23(27)25(29-3)18-21(19)11-9-15-32(6,7)30-31(4,5)14-8-10-20-12-13-22(26)24(17-20)28-2/h12-13,16-18,26-27H,8-11,14-15H2,1-7H3. The molecule has 0 fully saturated rings. The summed E-state index contributed by atoms with van der Waals surface area (Å²) in [7, 11) is -0.361. The summed E-state index contributed by atoms with van der Waals surface area (Å²) in [5.41, 5.74) is 3.51. The predicted octanol–water partition coefficient (Wildman–Crippen LogP) is 6.42. The topological polar surface area (TPSA) is 68.2 Å². The second-order valence-electron chi connectivity index (χ2n) is 9.79. The summed E-state index contributed by atoms with van der Waals surface area (Å²) in [4.78, 5) is 0. The Hall–Kier alpha value is -1.97. The maximum atomic E-state index is 9.93. The van der Waals surface area contributed by atoms with Crippen LogP contribution in [0, 0.1) is 6.92 Å².